The van der Waals surface area contributed by atoms with Crippen LogP contribution in [0.15, 0.2) is 54.9 Å². The molecule has 170 valence electrons. The lowest BCUT2D eigenvalue weighted by atomic mass is 10.2. The lowest BCUT2D eigenvalue weighted by Gasteiger charge is -2.36. The van der Waals surface area contributed by atoms with Gasteiger partial charge >= 0.3 is 5.69 Å². The molecule has 2 heterocycles. The number of hydrogen-bond donors (Lipinski definition) is 2. The number of nitrogens with one attached hydrogen (secondary N) is 2. The summed E-state index contributed by atoms with van der Waals surface area (Å²) in [6.45, 7) is 1.74. The Morgan fingerprint density at radius 1 is 0.848 bits per heavy atom. The zero-order chi connectivity index (χ0) is 23.4. The molecule has 12 nitrogen and oxygen atoms in total. The Morgan fingerprint density at radius 3 is 2.15 bits per heavy atom. The van der Waals surface area contributed by atoms with Gasteiger partial charge in [-0.25, -0.2) is 14.4 Å². The zero-order valence-electron chi connectivity index (χ0n) is 17.2. The Morgan fingerprint density at radius 2 is 1.52 bits per heavy atom. The van der Waals surface area contributed by atoms with E-state index >= 15 is 0 Å². The van der Waals surface area contributed by atoms with Crippen molar-refractivity contribution < 1.29 is 14.2 Å². The quantitative estimate of drug-likeness (QED) is 0.403. The molecule has 1 saturated heterocycles. The number of hydrogen-bond acceptors (Lipinski definition) is 10. The van der Waals surface area contributed by atoms with Gasteiger partial charge in [0.1, 0.15) is 12.1 Å². The van der Waals surface area contributed by atoms with Gasteiger partial charge in [0, 0.05) is 38.3 Å². The number of rotatable bonds is 7. The van der Waals surface area contributed by atoms with E-state index in [1.54, 1.807) is 23.1 Å². The van der Waals surface area contributed by atoms with Crippen LogP contribution in [0.5, 0.6) is 0 Å². The van der Waals surface area contributed by atoms with Crippen molar-refractivity contribution in [3.05, 3.63) is 80.9 Å². The Labute approximate surface area is 186 Å². The van der Waals surface area contributed by atoms with Crippen LogP contribution in [0.1, 0.15) is 0 Å². The summed E-state index contributed by atoms with van der Waals surface area (Å²) in [4.78, 5) is 33.3. The third-order valence-corrected chi connectivity index (χ3v) is 5.16. The van der Waals surface area contributed by atoms with E-state index in [2.05, 4.69) is 20.8 Å². The van der Waals surface area contributed by atoms with E-state index in [0.717, 1.165) is 0 Å². The maximum Gasteiger partial charge on any atom is 0.355 e. The summed E-state index contributed by atoms with van der Waals surface area (Å²) in [6, 6.07) is 12.0. The number of anilines is 4. The van der Waals surface area contributed by atoms with Crippen molar-refractivity contribution in [1.82, 2.24) is 9.97 Å². The van der Waals surface area contributed by atoms with Crippen LogP contribution in [-0.4, -0.2) is 46.0 Å². The van der Waals surface area contributed by atoms with E-state index in [1.807, 2.05) is 4.90 Å². The minimum atomic E-state index is -0.571. The largest absolute Gasteiger partial charge is 0.366 e. The summed E-state index contributed by atoms with van der Waals surface area (Å²) >= 11 is 0. The number of benzene rings is 2. The average Bonchev–Trinajstić information content (AvgIpc) is 2.83. The van der Waals surface area contributed by atoms with Crippen molar-refractivity contribution >= 4 is 34.4 Å². The number of halogens is 1. The number of nitro benzene ring substituents is 1. The molecule has 4 rings (SSSR count). The molecule has 13 heteroatoms. The maximum atomic E-state index is 14.1. The summed E-state index contributed by atoms with van der Waals surface area (Å²) in [5.41, 5.74) is 5.98. The van der Waals surface area contributed by atoms with Gasteiger partial charge in [0.2, 0.25) is 11.6 Å². The highest BCUT2D eigenvalue weighted by Gasteiger charge is 2.29. The SMILES string of the molecule is O=[N+]([O-])c1ccc(NNc2ncnc(N3CCN(c4ccccc4F)CC3)c2[N+](=O)[O-])cc1. The Kier molecular flexibility index (Phi) is 6.11. The summed E-state index contributed by atoms with van der Waals surface area (Å²) < 4.78 is 14.1. The molecule has 0 radical (unpaired) electrons. The molecule has 1 aromatic heterocycles. The normalized spacial score (nSPS) is 13.5. The van der Waals surface area contributed by atoms with Crippen LogP contribution in [0.4, 0.5) is 38.8 Å². The van der Waals surface area contributed by atoms with E-state index in [4.69, 9.17) is 0 Å². The number of non-ortho nitro benzene ring substituents is 1. The van der Waals surface area contributed by atoms with Gasteiger partial charge in [0.05, 0.1) is 21.2 Å². The van der Waals surface area contributed by atoms with E-state index < -0.39 is 9.85 Å². The highest BCUT2D eigenvalue weighted by molar-refractivity contribution is 5.72. The fraction of sp³-hybridized carbons (Fsp3) is 0.200. The lowest BCUT2D eigenvalue weighted by molar-refractivity contribution is -0.384. The predicted octanol–water partition coefficient (Wildman–Crippen LogP) is 3.20. The molecular formula is C20H19FN8O4. The molecule has 2 N–H and O–H groups in total. The van der Waals surface area contributed by atoms with Crippen LogP contribution in [0, 0.1) is 26.0 Å². The molecular weight excluding hydrogens is 435 g/mol. The van der Waals surface area contributed by atoms with Crippen LogP contribution in [-0.2, 0) is 0 Å². The average molecular weight is 454 g/mol. The van der Waals surface area contributed by atoms with Crippen LogP contribution >= 0.6 is 0 Å². The summed E-state index contributed by atoms with van der Waals surface area (Å²) in [6.07, 6.45) is 1.21. The van der Waals surface area contributed by atoms with Crippen LogP contribution in [0.3, 0.4) is 0 Å². The third kappa shape index (κ3) is 4.71. The monoisotopic (exact) mass is 454 g/mol. The van der Waals surface area contributed by atoms with Crippen molar-refractivity contribution in [1.29, 1.82) is 0 Å². The van der Waals surface area contributed by atoms with Crippen LogP contribution in [0.25, 0.3) is 0 Å². The van der Waals surface area contributed by atoms with Gasteiger partial charge in [0.25, 0.3) is 5.69 Å². The van der Waals surface area contributed by atoms with Crippen molar-refractivity contribution in [3.8, 4) is 0 Å². The molecule has 0 atom stereocenters. The fourth-order valence-electron chi connectivity index (χ4n) is 3.53. The Bertz CT molecular complexity index is 1170. The Balaban J connectivity index is 1.49. The summed E-state index contributed by atoms with van der Waals surface area (Å²) in [5, 5.41) is 22.6. The topological polar surface area (TPSA) is 143 Å². The number of piperazine rings is 1. The molecule has 0 aliphatic carbocycles. The van der Waals surface area contributed by atoms with Crippen molar-refractivity contribution in [2.75, 3.05) is 46.8 Å². The number of hydrazine groups is 1. The van der Waals surface area contributed by atoms with Crippen molar-refractivity contribution in [3.63, 3.8) is 0 Å². The molecule has 0 bridgehead atoms. The van der Waals surface area contributed by atoms with Crippen LogP contribution in [0.2, 0.25) is 0 Å². The second-order valence-electron chi connectivity index (χ2n) is 7.13. The molecule has 33 heavy (non-hydrogen) atoms. The van der Waals surface area contributed by atoms with E-state index in [9.17, 15) is 24.6 Å². The zero-order valence-corrected chi connectivity index (χ0v) is 17.2. The van der Waals surface area contributed by atoms with E-state index in [1.165, 1.54) is 36.7 Å². The van der Waals surface area contributed by atoms with Gasteiger partial charge in [-0.05, 0) is 24.3 Å². The lowest BCUT2D eigenvalue weighted by Crippen LogP contribution is -2.47. The molecule has 1 aliphatic rings. The minimum absolute atomic E-state index is 0.0557. The van der Waals surface area contributed by atoms with Gasteiger partial charge < -0.3 is 9.80 Å². The van der Waals surface area contributed by atoms with Crippen LogP contribution < -0.4 is 20.7 Å². The summed E-state index contributed by atoms with van der Waals surface area (Å²) in [5.74, 6) is -0.223. The molecule has 0 saturated carbocycles. The smallest absolute Gasteiger partial charge is 0.355 e. The predicted molar refractivity (Wildman–Crippen MR) is 120 cm³/mol. The summed E-state index contributed by atoms with van der Waals surface area (Å²) in [7, 11) is 0. The van der Waals surface area contributed by atoms with Gasteiger partial charge in [-0.1, -0.05) is 12.1 Å². The molecule has 0 spiro atoms. The third-order valence-electron chi connectivity index (χ3n) is 5.16. The molecule has 1 fully saturated rings. The van der Waals surface area contributed by atoms with E-state index in [-0.39, 0.29) is 28.8 Å². The number of para-hydroxylation sites is 1. The molecule has 0 unspecified atom stereocenters. The first-order chi connectivity index (χ1) is 15.9. The number of nitro groups is 2. The molecule has 3 aromatic rings. The second kappa shape index (κ2) is 9.30. The molecule has 0 amide bonds. The fourth-order valence-corrected chi connectivity index (χ4v) is 3.53. The second-order valence-corrected chi connectivity index (χ2v) is 7.13. The van der Waals surface area contributed by atoms with Gasteiger partial charge in [0.15, 0.2) is 0 Å². The highest BCUT2D eigenvalue weighted by atomic mass is 19.1. The number of aromatic nitrogens is 2. The van der Waals surface area contributed by atoms with Gasteiger partial charge in [-0.15, -0.1) is 0 Å². The Hall–Kier alpha value is -4.55. The molecule has 1 aliphatic heterocycles. The van der Waals surface area contributed by atoms with E-state index in [0.29, 0.717) is 37.6 Å². The van der Waals surface area contributed by atoms with Gasteiger partial charge in [-0.3, -0.25) is 31.1 Å². The first-order valence-electron chi connectivity index (χ1n) is 9.94. The first-order valence-corrected chi connectivity index (χ1v) is 9.94. The van der Waals surface area contributed by atoms with Crippen molar-refractivity contribution in [2.24, 2.45) is 0 Å². The van der Waals surface area contributed by atoms with Gasteiger partial charge in [-0.2, -0.15) is 0 Å². The highest BCUT2D eigenvalue weighted by Crippen LogP contribution is 2.33. The standard InChI is InChI=1S/C20H19FN8O4/c21-16-3-1-2-4-17(16)26-9-11-27(12-10-26)20-18(29(32)33)19(22-13-23-20)25-24-14-5-7-15(8-6-14)28(30)31/h1-8,13,24H,9-12H2,(H,22,23,25). The first kappa shape index (κ1) is 21.7. The number of nitrogens with zero attached hydrogens (tertiary/aromatic N) is 6. The minimum Gasteiger partial charge on any atom is -0.366 e. The van der Waals surface area contributed by atoms with Crippen molar-refractivity contribution in [2.45, 2.75) is 0 Å². The molecule has 2 aromatic carbocycles. The maximum absolute atomic E-state index is 14.1.